The zero-order valence-corrected chi connectivity index (χ0v) is 9.02. The van der Waals surface area contributed by atoms with Crippen LogP contribution in [0.15, 0.2) is 36.0 Å². The normalized spacial score (nSPS) is 11.1. The molecule has 0 bridgehead atoms. The minimum Gasteiger partial charge on any atom is -0.208 e. The summed E-state index contributed by atoms with van der Waals surface area (Å²) in [6.07, 6.45) is 4.56. The summed E-state index contributed by atoms with van der Waals surface area (Å²) in [5, 5.41) is 12.3. The first-order valence-corrected chi connectivity index (χ1v) is 4.86. The molecule has 0 aliphatic heterocycles. The highest BCUT2D eigenvalue weighted by molar-refractivity contribution is 6.43. The topological polar surface area (TPSA) is 43.1 Å². The third-order valence-electron chi connectivity index (χ3n) is 1.72. The van der Waals surface area contributed by atoms with Crippen molar-refractivity contribution in [3.8, 4) is 0 Å². The van der Waals surface area contributed by atoms with Crippen LogP contribution >= 0.6 is 23.2 Å². The zero-order valence-electron chi connectivity index (χ0n) is 7.51. The van der Waals surface area contributed by atoms with Crippen LogP contribution in [0.2, 0.25) is 10.0 Å². The van der Waals surface area contributed by atoms with E-state index in [2.05, 4.69) is 15.3 Å². The Morgan fingerprint density at radius 2 is 1.93 bits per heavy atom. The molecule has 2 aromatic rings. The molecule has 0 radical (unpaired) electrons. The van der Waals surface area contributed by atoms with E-state index in [1.807, 2.05) is 12.1 Å². The molecule has 1 aromatic heterocycles. The lowest BCUT2D eigenvalue weighted by Crippen LogP contribution is -1.88. The molecule has 6 heteroatoms. The second kappa shape index (κ2) is 4.42. The van der Waals surface area contributed by atoms with Crippen molar-refractivity contribution < 1.29 is 0 Å². The van der Waals surface area contributed by atoms with Gasteiger partial charge in [0.2, 0.25) is 0 Å². The Hall–Kier alpha value is -1.39. The van der Waals surface area contributed by atoms with Crippen molar-refractivity contribution in [2.45, 2.75) is 0 Å². The van der Waals surface area contributed by atoms with Crippen LogP contribution in [-0.2, 0) is 0 Å². The van der Waals surface area contributed by atoms with Crippen LogP contribution < -0.4 is 0 Å². The quantitative estimate of drug-likeness (QED) is 0.758. The van der Waals surface area contributed by atoms with E-state index in [0.717, 1.165) is 5.56 Å². The standard InChI is InChI=1S/C9H6Cl2N4/c10-8-3-1-2-7(9(8)11)4-14-15-5-12-13-6-15/h1-6H/b14-4-. The summed E-state index contributed by atoms with van der Waals surface area (Å²) in [5.41, 5.74) is 0.748. The summed E-state index contributed by atoms with van der Waals surface area (Å²) in [5.74, 6) is 0. The lowest BCUT2D eigenvalue weighted by molar-refractivity contribution is 0.878. The molecule has 0 atom stereocenters. The molecule has 0 saturated heterocycles. The number of nitrogens with zero attached hydrogens (tertiary/aromatic N) is 4. The predicted octanol–water partition coefficient (Wildman–Crippen LogP) is 2.47. The fourth-order valence-corrected chi connectivity index (χ4v) is 1.36. The van der Waals surface area contributed by atoms with Crippen molar-refractivity contribution in [3.63, 3.8) is 0 Å². The highest BCUT2D eigenvalue weighted by atomic mass is 35.5. The van der Waals surface area contributed by atoms with Crippen LogP contribution in [0.1, 0.15) is 5.56 Å². The highest BCUT2D eigenvalue weighted by Gasteiger charge is 2.00. The van der Waals surface area contributed by atoms with Crippen molar-refractivity contribution >= 4 is 29.4 Å². The van der Waals surface area contributed by atoms with Gasteiger partial charge in [0.15, 0.2) is 0 Å². The minimum atomic E-state index is 0.482. The van der Waals surface area contributed by atoms with Gasteiger partial charge < -0.3 is 0 Å². The maximum absolute atomic E-state index is 5.97. The second-order valence-electron chi connectivity index (χ2n) is 2.73. The molecule has 0 aliphatic rings. The molecular weight excluding hydrogens is 235 g/mol. The molecule has 2 rings (SSSR count). The summed E-state index contributed by atoms with van der Waals surface area (Å²) in [6.45, 7) is 0. The molecule has 0 saturated carbocycles. The summed E-state index contributed by atoms with van der Waals surface area (Å²) in [6, 6.07) is 5.35. The second-order valence-corrected chi connectivity index (χ2v) is 3.51. The predicted molar refractivity (Wildman–Crippen MR) is 59.5 cm³/mol. The van der Waals surface area contributed by atoms with E-state index in [9.17, 15) is 0 Å². The van der Waals surface area contributed by atoms with Gasteiger partial charge in [-0.15, -0.1) is 10.2 Å². The van der Waals surface area contributed by atoms with E-state index in [4.69, 9.17) is 23.2 Å². The first kappa shape index (κ1) is 10.1. The Morgan fingerprint density at radius 3 is 2.67 bits per heavy atom. The van der Waals surface area contributed by atoms with Crippen LogP contribution in [0.4, 0.5) is 0 Å². The van der Waals surface area contributed by atoms with Gasteiger partial charge in [-0.25, -0.2) is 4.68 Å². The Kier molecular flexibility index (Phi) is 2.99. The third-order valence-corrected chi connectivity index (χ3v) is 2.55. The Bertz CT molecular complexity index is 479. The summed E-state index contributed by atoms with van der Waals surface area (Å²) in [7, 11) is 0. The third kappa shape index (κ3) is 2.34. The van der Waals surface area contributed by atoms with Crippen molar-refractivity contribution in [2.24, 2.45) is 5.10 Å². The van der Waals surface area contributed by atoms with Gasteiger partial charge in [0.25, 0.3) is 0 Å². The van der Waals surface area contributed by atoms with E-state index < -0.39 is 0 Å². The fourth-order valence-electron chi connectivity index (χ4n) is 1.00. The lowest BCUT2D eigenvalue weighted by Gasteiger charge is -1.98. The van der Waals surface area contributed by atoms with Crippen molar-refractivity contribution in [3.05, 3.63) is 46.5 Å². The van der Waals surface area contributed by atoms with Crippen LogP contribution in [0.5, 0.6) is 0 Å². The maximum Gasteiger partial charge on any atom is 0.141 e. The summed E-state index contributed by atoms with van der Waals surface area (Å²) in [4.78, 5) is 0. The van der Waals surface area contributed by atoms with Crippen LogP contribution in [0, 0.1) is 0 Å². The SMILES string of the molecule is Clc1cccc(/C=N\n2cnnc2)c1Cl. The molecule has 76 valence electrons. The Morgan fingerprint density at radius 1 is 1.20 bits per heavy atom. The van der Waals surface area contributed by atoms with E-state index >= 15 is 0 Å². The summed E-state index contributed by atoms with van der Waals surface area (Å²) < 4.78 is 1.47. The minimum absolute atomic E-state index is 0.482. The molecule has 0 aliphatic carbocycles. The molecule has 1 heterocycles. The maximum atomic E-state index is 5.97. The van der Waals surface area contributed by atoms with Gasteiger partial charge in [0.1, 0.15) is 12.7 Å². The number of hydrogen-bond donors (Lipinski definition) is 0. The number of aromatic nitrogens is 3. The zero-order chi connectivity index (χ0) is 10.7. The first-order chi connectivity index (χ1) is 7.27. The molecule has 0 amide bonds. The Labute approximate surface area is 96.2 Å². The average Bonchev–Trinajstić information content (AvgIpc) is 2.73. The molecule has 4 nitrogen and oxygen atoms in total. The highest BCUT2D eigenvalue weighted by Crippen LogP contribution is 2.24. The molecule has 15 heavy (non-hydrogen) atoms. The molecule has 0 unspecified atom stereocenters. The van der Waals surface area contributed by atoms with Gasteiger partial charge in [-0.05, 0) is 6.07 Å². The van der Waals surface area contributed by atoms with Gasteiger partial charge in [0.05, 0.1) is 16.3 Å². The number of hydrogen-bond acceptors (Lipinski definition) is 3. The van der Waals surface area contributed by atoms with Crippen LogP contribution in [0.25, 0.3) is 0 Å². The van der Waals surface area contributed by atoms with Crippen LogP contribution in [0.3, 0.4) is 0 Å². The number of benzene rings is 1. The van der Waals surface area contributed by atoms with E-state index in [1.54, 1.807) is 12.3 Å². The largest absolute Gasteiger partial charge is 0.208 e. The van der Waals surface area contributed by atoms with Gasteiger partial charge in [-0.2, -0.15) is 5.10 Å². The van der Waals surface area contributed by atoms with E-state index in [0.29, 0.717) is 10.0 Å². The van der Waals surface area contributed by atoms with E-state index in [-0.39, 0.29) is 0 Å². The van der Waals surface area contributed by atoms with Crippen molar-refractivity contribution in [1.82, 2.24) is 14.9 Å². The smallest absolute Gasteiger partial charge is 0.141 e. The van der Waals surface area contributed by atoms with E-state index in [1.165, 1.54) is 17.3 Å². The van der Waals surface area contributed by atoms with Crippen molar-refractivity contribution in [1.29, 1.82) is 0 Å². The molecule has 1 aromatic carbocycles. The van der Waals surface area contributed by atoms with Gasteiger partial charge in [-0.1, -0.05) is 35.3 Å². The summed E-state index contributed by atoms with van der Waals surface area (Å²) >= 11 is 11.8. The van der Waals surface area contributed by atoms with Gasteiger partial charge in [-0.3, -0.25) is 0 Å². The van der Waals surface area contributed by atoms with Crippen molar-refractivity contribution in [2.75, 3.05) is 0 Å². The van der Waals surface area contributed by atoms with Gasteiger partial charge in [0, 0.05) is 5.56 Å². The molecule has 0 spiro atoms. The van der Waals surface area contributed by atoms with Gasteiger partial charge >= 0.3 is 0 Å². The average molecular weight is 241 g/mol. The van der Waals surface area contributed by atoms with Crippen LogP contribution in [-0.4, -0.2) is 21.1 Å². The number of halogens is 2. The molecule has 0 N–H and O–H groups in total. The lowest BCUT2D eigenvalue weighted by atomic mass is 10.2. The first-order valence-electron chi connectivity index (χ1n) is 4.10. The molecule has 0 fully saturated rings. The molecular formula is C9H6Cl2N4. The Balaban J connectivity index is 2.28. The fraction of sp³-hybridized carbons (Fsp3) is 0. The monoisotopic (exact) mass is 240 g/mol. The number of rotatable bonds is 2.